The van der Waals surface area contributed by atoms with E-state index in [0.717, 1.165) is 39.9 Å². The van der Waals surface area contributed by atoms with Crippen LogP contribution in [0.1, 0.15) is 11.1 Å². The predicted molar refractivity (Wildman–Crippen MR) is 144 cm³/mol. The van der Waals surface area contributed by atoms with Crippen molar-refractivity contribution in [3.05, 3.63) is 76.2 Å². The van der Waals surface area contributed by atoms with Gasteiger partial charge in [-0.25, -0.2) is 18.5 Å². The average Bonchev–Trinajstić information content (AvgIpc) is 3.41. The number of nitrogens with one attached hydrogen (secondary N) is 2. The first-order valence-corrected chi connectivity index (χ1v) is 14.8. The first kappa shape index (κ1) is 31.2. The Kier molecular flexibility index (Phi) is 8.29. The standard InChI is InChI=1S/C25H20F6N6O5S2/c26-24(27,28)15-3-7-17(8-4-15)44(40,41)37-10-9-36(23-34-18-12-33-35-22(39)20(18)43-23)13-19(37)21(38)32-11-14-1-5-16(6-2-14)42-25(29,30)31/h1-8,12,19H,9-11,13H2,(H,32,38)(H,35,39)/t19-/m1/s1. The van der Waals surface area contributed by atoms with Crippen LogP contribution in [0.15, 0.2) is 64.4 Å². The third-order valence-electron chi connectivity index (χ3n) is 6.52. The fourth-order valence-electron chi connectivity index (χ4n) is 4.42. The number of thiazole rings is 1. The predicted octanol–water partition coefficient (Wildman–Crippen LogP) is 3.49. The maximum Gasteiger partial charge on any atom is 0.573 e. The number of carbonyl (C=O) groups is 1. The van der Waals surface area contributed by atoms with E-state index in [0.29, 0.717) is 22.8 Å². The van der Waals surface area contributed by atoms with Crippen molar-refractivity contribution in [2.75, 3.05) is 24.5 Å². The maximum atomic E-state index is 13.6. The fourth-order valence-corrected chi connectivity index (χ4v) is 6.95. The lowest BCUT2D eigenvalue weighted by Crippen LogP contribution is -2.60. The smallest absolute Gasteiger partial charge is 0.406 e. The summed E-state index contributed by atoms with van der Waals surface area (Å²) in [7, 11) is -4.49. The molecule has 0 saturated carbocycles. The minimum atomic E-state index is -4.89. The van der Waals surface area contributed by atoms with Gasteiger partial charge >= 0.3 is 12.5 Å². The van der Waals surface area contributed by atoms with Crippen molar-refractivity contribution in [3.63, 3.8) is 0 Å². The van der Waals surface area contributed by atoms with E-state index in [-0.39, 0.29) is 36.4 Å². The number of benzene rings is 2. The van der Waals surface area contributed by atoms with Crippen molar-refractivity contribution in [3.8, 4) is 5.75 Å². The molecule has 2 aromatic carbocycles. The van der Waals surface area contributed by atoms with Crippen LogP contribution < -0.4 is 20.5 Å². The van der Waals surface area contributed by atoms with Crippen molar-refractivity contribution < 1.29 is 44.3 Å². The van der Waals surface area contributed by atoms with Crippen LogP contribution in [-0.4, -0.2) is 65.9 Å². The third-order valence-corrected chi connectivity index (χ3v) is 9.57. The highest BCUT2D eigenvalue weighted by Crippen LogP contribution is 2.32. The highest BCUT2D eigenvalue weighted by Gasteiger charge is 2.41. The first-order valence-electron chi connectivity index (χ1n) is 12.5. The van der Waals surface area contributed by atoms with Crippen LogP contribution >= 0.6 is 11.3 Å². The summed E-state index contributed by atoms with van der Waals surface area (Å²) in [6.45, 7) is -0.682. The van der Waals surface area contributed by atoms with Crippen molar-refractivity contribution >= 4 is 42.6 Å². The second-order valence-corrected chi connectivity index (χ2v) is 12.3. The van der Waals surface area contributed by atoms with Crippen LogP contribution in [0.3, 0.4) is 0 Å². The third kappa shape index (κ3) is 6.78. The number of fused-ring (bicyclic) bond motifs is 1. The zero-order chi connectivity index (χ0) is 31.9. The Labute approximate surface area is 248 Å². The van der Waals surface area contributed by atoms with E-state index in [4.69, 9.17) is 0 Å². The second-order valence-electron chi connectivity index (χ2n) is 9.42. The number of aromatic amines is 1. The molecule has 1 aliphatic heterocycles. The number of aromatic nitrogens is 3. The summed E-state index contributed by atoms with van der Waals surface area (Å²) < 4.78 is 109. The van der Waals surface area contributed by atoms with Crippen LogP contribution in [0.2, 0.25) is 0 Å². The number of amides is 1. The number of sulfonamides is 1. The van der Waals surface area contributed by atoms with Crippen LogP contribution in [0.25, 0.3) is 10.2 Å². The molecule has 4 aromatic rings. The number of ether oxygens (including phenoxy) is 1. The molecule has 1 saturated heterocycles. The summed E-state index contributed by atoms with van der Waals surface area (Å²) in [6, 6.07) is 6.08. The molecular formula is C25H20F6N6O5S2. The second kappa shape index (κ2) is 11.7. The molecule has 1 amide bonds. The molecule has 3 heterocycles. The lowest BCUT2D eigenvalue weighted by molar-refractivity contribution is -0.274. The molecule has 0 radical (unpaired) electrons. The van der Waals surface area contributed by atoms with E-state index in [1.54, 1.807) is 4.90 Å². The topological polar surface area (TPSA) is 138 Å². The van der Waals surface area contributed by atoms with Crippen LogP contribution in [0.4, 0.5) is 31.5 Å². The number of halogens is 6. The molecule has 19 heteroatoms. The molecule has 11 nitrogen and oxygen atoms in total. The van der Waals surface area contributed by atoms with Crippen molar-refractivity contribution in [2.24, 2.45) is 0 Å². The van der Waals surface area contributed by atoms with Gasteiger partial charge < -0.3 is 15.0 Å². The zero-order valence-corrected chi connectivity index (χ0v) is 23.6. The van der Waals surface area contributed by atoms with E-state index >= 15 is 0 Å². The lowest BCUT2D eigenvalue weighted by Gasteiger charge is -2.39. The van der Waals surface area contributed by atoms with Gasteiger partial charge in [-0.15, -0.1) is 13.2 Å². The van der Waals surface area contributed by atoms with Gasteiger partial charge in [0.05, 0.1) is 16.7 Å². The molecule has 2 aromatic heterocycles. The number of alkyl halides is 6. The van der Waals surface area contributed by atoms with Gasteiger partial charge in [0, 0.05) is 26.2 Å². The highest BCUT2D eigenvalue weighted by molar-refractivity contribution is 7.89. The Morgan fingerprint density at radius 1 is 1.05 bits per heavy atom. The number of hydrogen-bond donors (Lipinski definition) is 2. The molecule has 0 unspecified atom stereocenters. The number of anilines is 1. The Hall–Kier alpha value is -4.23. The van der Waals surface area contributed by atoms with Gasteiger partial charge in [0.15, 0.2) is 5.13 Å². The largest absolute Gasteiger partial charge is 0.573 e. The van der Waals surface area contributed by atoms with E-state index in [1.165, 1.54) is 18.3 Å². The summed E-state index contributed by atoms with van der Waals surface area (Å²) in [5.74, 6) is -1.27. The van der Waals surface area contributed by atoms with E-state index in [9.17, 15) is 44.3 Å². The van der Waals surface area contributed by atoms with Gasteiger partial charge in [-0.3, -0.25) is 9.59 Å². The zero-order valence-electron chi connectivity index (χ0n) is 22.0. The number of nitrogens with zero attached hydrogens (tertiary/aromatic N) is 4. The average molecular weight is 663 g/mol. The van der Waals surface area contributed by atoms with Gasteiger partial charge in [0.25, 0.3) is 5.56 Å². The highest BCUT2D eigenvalue weighted by atomic mass is 32.2. The van der Waals surface area contributed by atoms with Crippen LogP contribution in [0, 0.1) is 0 Å². The minimum absolute atomic E-state index is 0.0233. The van der Waals surface area contributed by atoms with Gasteiger partial charge in [-0.05, 0) is 42.0 Å². The van der Waals surface area contributed by atoms with E-state index in [2.05, 4.69) is 25.2 Å². The molecule has 44 heavy (non-hydrogen) atoms. The van der Waals surface area contributed by atoms with Crippen molar-refractivity contribution in [2.45, 2.75) is 30.0 Å². The molecule has 2 N–H and O–H groups in total. The Balaban J connectivity index is 1.40. The molecule has 1 fully saturated rings. The van der Waals surface area contributed by atoms with Gasteiger partial charge in [0.1, 0.15) is 22.0 Å². The van der Waals surface area contributed by atoms with Crippen LogP contribution in [-0.2, 0) is 27.5 Å². The Morgan fingerprint density at radius 3 is 2.34 bits per heavy atom. The summed E-state index contributed by atoms with van der Waals surface area (Å²) in [5.41, 5.74) is -0.888. The molecule has 234 valence electrons. The molecule has 0 aliphatic carbocycles. The van der Waals surface area contributed by atoms with E-state index in [1.807, 2.05) is 0 Å². The summed E-state index contributed by atoms with van der Waals surface area (Å²) in [6.07, 6.45) is -8.25. The number of rotatable bonds is 7. The fraction of sp³-hybridized carbons (Fsp3) is 0.280. The number of hydrogen-bond acceptors (Lipinski definition) is 9. The monoisotopic (exact) mass is 662 g/mol. The molecule has 5 rings (SSSR count). The molecule has 1 atom stereocenters. The number of piperazine rings is 1. The maximum absolute atomic E-state index is 13.6. The van der Waals surface area contributed by atoms with Crippen molar-refractivity contribution in [1.82, 2.24) is 24.8 Å². The van der Waals surface area contributed by atoms with Crippen molar-refractivity contribution in [1.29, 1.82) is 0 Å². The lowest BCUT2D eigenvalue weighted by atomic mass is 10.1. The Morgan fingerprint density at radius 2 is 1.73 bits per heavy atom. The van der Waals surface area contributed by atoms with Gasteiger partial charge in [0.2, 0.25) is 15.9 Å². The van der Waals surface area contributed by atoms with E-state index < -0.39 is 56.3 Å². The normalized spacial score (nSPS) is 16.7. The first-order chi connectivity index (χ1) is 20.6. The molecule has 0 spiro atoms. The van der Waals surface area contributed by atoms with Gasteiger partial charge in [-0.2, -0.15) is 22.6 Å². The van der Waals surface area contributed by atoms with Gasteiger partial charge in [-0.1, -0.05) is 23.5 Å². The number of carbonyl (C=O) groups excluding carboxylic acids is 1. The molecule has 1 aliphatic rings. The number of H-pyrrole nitrogens is 1. The quantitative estimate of drug-likeness (QED) is 0.287. The summed E-state index contributed by atoms with van der Waals surface area (Å²) in [5, 5.41) is 8.84. The van der Waals surface area contributed by atoms with Crippen LogP contribution in [0.5, 0.6) is 5.75 Å². The molecular weight excluding hydrogens is 642 g/mol. The summed E-state index contributed by atoms with van der Waals surface area (Å²) >= 11 is 1.00. The summed E-state index contributed by atoms with van der Waals surface area (Å²) in [4.78, 5) is 31.1. The Bertz CT molecular complexity index is 1830. The SMILES string of the molecule is O=C(NCc1ccc(OC(F)(F)F)cc1)[C@H]1CN(c2nc3cn[nH]c(=O)c3s2)CCN1S(=O)(=O)c1ccc(C(F)(F)F)cc1. The minimum Gasteiger partial charge on any atom is -0.406 e. The molecule has 0 bridgehead atoms.